The van der Waals surface area contributed by atoms with Crippen LogP contribution in [0.5, 0.6) is 0 Å². The highest BCUT2D eigenvalue weighted by Gasteiger charge is 2.23. The van der Waals surface area contributed by atoms with Crippen LogP contribution in [0.1, 0.15) is 0 Å². The number of nitrogens with zero attached hydrogens (tertiary/aromatic N) is 16. The van der Waals surface area contributed by atoms with Gasteiger partial charge in [0.05, 0.1) is 33.6 Å². The van der Waals surface area contributed by atoms with E-state index in [1.165, 1.54) is 32.3 Å². The molecule has 26 rings (SSSR count). The molecule has 0 fully saturated rings. The van der Waals surface area contributed by atoms with Crippen LogP contribution in [0.2, 0.25) is 0 Å². The average Bonchev–Trinajstić information content (AvgIpc) is 0.758. The van der Waals surface area contributed by atoms with Crippen molar-refractivity contribution in [2.75, 3.05) is 0 Å². The normalized spacial score (nSPS) is 11.2. The zero-order valence-electron chi connectivity index (χ0n) is 77.5. The van der Waals surface area contributed by atoms with Crippen LogP contribution in [0.25, 0.3) is 257 Å². The van der Waals surface area contributed by atoms with Gasteiger partial charge < -0.3 is 0 Å². The second-order valence-electron chi connectivity index (χ2n) is 34.8. The molecule has 10 aromatic heterocycles. The lowest BCUT2D eigenvalue weighted by Crippen LogP contribution is -2.01. The van der Waals surface area contributed by atoms with Gasteiger partial charge in [-0.25, -0.2) is 59.8 Å². The molecular formula is C128H82N16. The van der Waals surface area contributed by atoms with Crippen LogP contribution in [0.15, 0.2) is 498 Å². The van der Waals surface area contributed by atoms with Gasteiger partial charge in [0, 0.05) is 109 Å². The van der Waals surface area contributed by atoms with E-state index in [1.54, 1.807) is 37.2 Å². The van der Waals surface area contributed by atoms with E-state index in [0.29, 0.717) is 63.8 Å². The van der Waals surface area contributed by atoms with Crippen LogP contribution < -0.4 is 0 Å². The zero-order valence-corrected chi connectivity index (χ0v) is 77.5. The molecule has 16 heteroatoms. The molecule has 16 aromatic carbocycles. The van der Waals surface area contributed by atoms with Crippen molar-refractivity contribution in [3.63, 3.8) is 0 Å². The summed E-state index contributed by atoms with van der Waals surface area (Å²) >= 11 is 0. The third-order valence-electron chi connectivity index (χ3n) is 25.7. The molecule has 10 heterocycles. The molecule has 0 aliphatic rings. The van der Waals surface area contributed by atoms with Crippen molar-refractivity contribution < 1.29 is 0 Å². The third kappa shape index (κ3) is 18.2. The van der Waals surface area contributed by atoms with Gasteiger partial charge in [-0.3, -0.25) is 19.9 Å². The number of aromatic nitrogens is 16. The van der Waals surface area contributed by atoms with Crippen molar-refractivity contribution in [1.29, 1.82) is 0 Å². The van der Waals surface area contributed by atoms with E-state index in [4.69, 9.17) is 59.8 Å². The Balaban J connectivity index is 0.000000117. The molecule has 674 valence electrons. The molecule has 0 aliphatic heterocycles. The van der Waals surface area contributed by atoms with Crippen molar-refractivity contribution in [3.8, 4) is 192 Å². The van der Waals surface area contributed by atoms with E-state index in [9.17, 15) is 0 Å². The molecule has 0 aliphatic carbocycles. The Hall–Kier alpha value is -19.8. The number of fused-ring (bicyclic) bond motifs is 9. The van der Waals surface area contributed by atoms with Gasteiger partial charge in [-0.05, 0) is 185 Å². The highest BCUT2D eigenvalue weighted by atomic mass is 15.1. The van der Waals surface area contributed by atoms with E-state index in [-0.39, 0.29) is 0 Å². The van der Waals surface area contributed by atoms with E-state index in [2.05, 4.69) is 366 Å². The first-order valence-corrected chi connectivity index (χ1v) is 47.5. The standard InChI is InChI=1S/C52H34N4.2C38H24N6/c1-4-14-35(15-5-1)41-21-12-23-43(32-41)51-54-50(55-52(56-51)44-24-13-22-42(33-44)36-16-6-2-7-17-36)40-28-26-38(27-29-40)46-34-48(39-19-8-3-9-20-39)53-47-31-30-37-18-10-11-25-45(37)49(46)47;1-2-11-27(12-3-1)34-24-30(35-29-13-5-4-10-25(29)20-21-31(35)41-34)26-16-18-28(19-17-26)36-42-37(32-14-6-8-22-39-32)44-38(43-36)33-15-7-9-23-40-33;1-2-9-27(10-3-1)34-22-32(35-31-13-5-4-8-25(31)18-19-33(35)41-34)26-14-16-28(17-15-26)36-42-37(29-11-6-20-39-23-29)44-38(43-36)30-12-7-21-40-24-30/h1-34H;2*1-24H. The van der Waals surface area contributed by atoms with Gasteiger partial charge in [0.25, 0.3) is 0 Å². The Labute approximate surface area is 829 Å². The predicted molar refractivity (Wildman–Crippen MR) is 581 cm³/mol. The molecule has 26 aromatic rings. The SMILES string of the molecule is c1ccc(-c2cc(-c3ccc(-c4nc(-c5ccccn5)nc(-c5ccccn5)n4)cc3)c3c(ccc4ccccc43)n2)cc1.c1ccc(-c2cc(-c3ccc(-c4nc(-c5cccnc5)nc(-c5cccnc5)n4)cc3)c3c(ccc4ccccc43)n2)cc1.c1ccc(-c2cccc(-c3nc(-c4ccc(-c5cc(-c6ccccc6)nc6ccc7ccccc7c56)cc4)nc(-c4cccc(-c5ccccc5)c4)n3)c2)cc1. The monoisotopic (exact) mass is 1840 g/mol. The Morgan fingerprint density at radius 2 is 0.389 bits per heavy atom. The van der Waals surface area contributed by atoms with Crippen LogP contribution in [0.4, 0.5) is 0 Å². The van der Waals surface area contributed by atoms with Crippen LogP contribution in [-0.4, -0.2) is 79.7 Å². The Kier molecular flexibility index (Phi) is 23.8. The maximum atomic E-state index is 5.15. The summed E-state index contributed by atoms with van der Waals surface area (Å²) in [6, 6.07) is 158. The first-order chi connectivity index (χ1) is 71.3. The van der Waals surface area contributed by atoms with Gasteiger partial charge in [0.15, 0.2) is 52.4 Å². The van der Waals surface area contributed by atoms with E-state index >= 15 is 0 Å². The fourth-order valence-electron chi connectivity index (χ4n) is 18.5. The minimum absolute atomic E-state index is 0.499. The zero-order chi connectivity index (χ0) is 95.9. The second kappa shape index (κ2) is 39.3. The van der Waals surface area contributed by atoms with Crippen LogP contribution >= 0.6 is 0 Å². The Morgan fingerprint density at radius 3 is 0.701 bits per heavy atom. The highest BCUT2D eigenvalue weighted by Crippen LogP contribution is 2.44. The molecule has 0 radical (unpaired) electrons. The van der Waals surface area contributed by atoms with E-state index in [1.807, 2.05) is 115 Å². The molecule has 0 unspecified atom stereocenters. The van der Waals surface area contributed by atoms with E-state index < -0.39 is 0 Å². The average molecular weight is 1840 g/mol. The van der Waals surface area contributed by atoms with Crippen LogP contribution in [0, 0.1) is 0 Å². The van der Waals surface area contributed by atoms with Gasteiger partial charge in [-0.15, -0.1) is 0 Å². The third-order valence-corrected chi connectivity index (χ3v) is 25.7. The van der Waals surface area contributed by atoms with Gasteiger partial charge in [0.1, 0.15) is 11.4 Å². The topological polar surface area (TPSA) is 206 Å². The summed E-state index contributed by atoms with van der Waals surface area (Å²) < 4.78 is 0. The van der Waals surface area contributed by atoms with Crippen molar-refractivity contribution >= 4 is 65.0 Å². The smallest absolute Gasteiger partial charge is 0.182 e. The molecular weight excluding hydrogens is 1760 g/mol. The fourth-order valence-corrected chi connectivity index (χ4v) is 18.5. The molecule has 0 bridgehead atoms. The lowest BCUT2D eigenvalue weighted by molar-refractivity contribution is 1.05. The maximum Gasteiger partial charge on any atom is 0.182 e. The summed E-state index contributed by atoms with van der Waals surface area (Å²) in [5, 5.41) is 10.5. The van der Waals surface area contributed by atoms with Crippen molar-refractivity contribution in [2.24, 2.45) is 0 Å². The predicted octanol–water partition coefficient (Wildman–Crippen LogP) is 30.6. The molecule has 144 heavy (non-hydrogen) atoms. The lowest BCUT2D eigenvalue weighted by atomic mass is 9.94. The maximum absolute atomic E-state index is 5.15. The molecule has 16 nitrogen and oxygen atoms in total. The molecule has 0 saturated heterocycles. The largest absolute Gasteiger partial charge is 0.264 e. The summed E-state index contributed by atoms with van der Waals surface area (Å²) in [7, 11) is 0. The Bertz CT molecular complexity index is 8650. The first kappa shape index (κ1) is 87.0. The van der Waals surface area contributed by atoms with Gasteiger partial charge in [-0.1, -0.05) is 364 Å². The van der Waals surface area contributed by atoms with E-state index in [0.717, 1.165) is 161 Å². The summed E-state index contributed by atoms with van der Waals surface area (Å²) in [5.41, 5.74) is 27.6. The lowest BCUT2D eigenvalue weighted by Gasteiger charge is -2.14. The summed E-state index contributed by atoms with van der Waals surface area (Å²) in [4.78, 5) is 77.0. The molecule has 0 atom stereocenters. The fraction of sp³-hybridized carbons (Fsp3) is 0. The van der Waals surface area contributed by atoms with Gasteiger partial charge in [-0.2, -0.15) is 0 Å². The number of benzene rings is 16. The second-order valence-corrected chi connectivity index (χ2v) is 34.8. The summed E-state index contributed by atoms with van der Waals surface area (Å²) in [6.07, 6.45) is 10.5. The number of hydrogen-bond donors (Lipinski definition) is 0. The van der Waals surface area contributed by atoms with Gasteiger partial charge >= 0.3 is 0 Å². The molecule has 0 saturated carbocycles. The van der Waals surface area contributed by atoms with Crippen molar-refractivity contribution in [2.45, 2.75) is 0 Å². The first-order valence-electron chi connectivity index (χ1n) is 47.5. The number of hydrogen-bond acceptors (Lipinski definition) is 16. The van der Waals surface area contributed by atoms with Gasteiger partial charge in [0.2, 0.25) is 0 Å². The summed E-state index contributed by atoms with van der Waals surface area (Å²) in [6.45, 7) is 0. The summed E-state index contributed by atoms with van der Waals surface area (Å²) in [5.74, 6) is 5.12. The number of pyridine rings is 7. The van der Waals surface area contributed by atoms with Crippen molar-refractivity contribution in [1.82, 2.24) is 79.7 Å². The van der Waals surface area contributed by atoms with Crippen LogP contribution in [0.3, 0.4) is 0 Å². The molecule has 0 N–H and O–H groups in total. The Morgan fingerprint density at radius 1 is 0.132 bits per heavy atom. The minimum atomic E-state index is 0.499. The molecule has 0 spiro atoms. The number of rotatable bonds is 17. The highest BCUT2D eigenvalue weighted by molar-refractivity contribution is 6.17. The van der Waals surface area contributed by atoms with Crippen LogP contribution in [-0.2, 0) is 0 Å². The van der Waals surface area contributed by atoms with Crippen molar-refractivity contribution in [3.05, 3.63) is 498 Å². The quantitative estimate of drug-likeness (QED) is 0.0777. The minimum Gasteiger partial charge on any atom is -0.264 e. The molecule has 0 amide bonds.